The number of carbonyl (C=O) groups is 1. The highest BCUT2D eigenvalue weighted by atomic mass is 16.5. The Kier molecular flexibility index (Phi) is 6.02. The molecule has 1 fully saturated rings. The highest BCUT2D eigenvalue weighted by Gasteiger charge is 2.19. The first-order chi connectivity index (χ1) is 9.74. The Labute approximate surface area is 120 Å². The largest absolute Gasteiger partial charge is 0.376 e. The van der Waals surface area contributed by atoms with E-state index in [1.807, 2.05) is 30.3 Å². The summed E-state index contributed by atoms with van der Waals surface area (Å²) in [6.45, 7) is 1.03. The second-order valence-corrected chi connectivity index (χ2v) is 5.47. The lowest BCUT2D eigenvalue weighted by Gasteiger charge is -2.26. The fourth-order valence-electron chi connectivity index (χ4n) is 2.49. The first kappa shape index (κ1) is 15.0. The van der Waals surface area contributed by atoms with E-state index in [4.69, 9.17) is 10.5 Å². The number of rotatable bonds is 6. The van der Waals surface area contributed by atoms with Gasteiger partial charge in [-0.05, 0) is 31.2 Å². The Morgan fingerprint density at radius 2 is 1.90 bits per heavy atom. The molecule has 2 rings (SSSR count). The van der Waals surface area contributed by atoms with Crippen molar-refractivity contribution in [3.05, 3.63) is 35.9 Å². The maximum absolute atomic E-state index is 11.8. The SMILES string of the molecule is NC1CCC(NC(=O)CCOCc2ccccc2)CC1. The summed E-state index contributed by atoms with van der Waals surface area (Å²) in [5.41, 5.74) is 6.98. The van der Waals surface area contributed by atoms with Gasteiger partial charge in [-0.2, -0.15) is 0 Å². The predicted molar refractivity (Wildman–Crippen MR) is 79.1 cm³/mol. The van der Waals surface area contributed by atoms with Crippen LogP contribution in [0.1, 0.15) is 37.7 Å². The molecule has 0 heterocycles. The van der Waals surface area contributed by atoms with Crippen molar-refractivity contribution in [2.24, 2.45) is 5.73 Å². The molecule has 1 aliphatic rings. The molecule has 110 valence electrons. The van der Waals surface area contributed by atoms with Crippen LogP contribution in [0.4, 0.5) is 0 Å². The molecular weight excluding hydrogens is 252 g/mol. The first-order valence-electron chi connectivity index (χ1n) is 7.40. The van der Waals surface area contributed by atoms with E-state index in [1.54, 1.807) is 0 Å². The van der Waals surface area contributed by atoms with E-state index in [1.165, 1.54) is 0 Å². The summed E-state index contributed by atoms with van der Waals surface area (Å²) in [4.78, 5) is 11.8. The number of benzene rings is 1. The molecule has 20 heavy (non-hydrogen) atoms. The molecule has 0 unspecified atom stereocenters. The lowest BCUT2D eigenvalue weighted by Crippen LogP contribution is -2.40. The third-order valence-electron chi connectivity index (χ3n) is 3.72. The van der Waals surface area contributed by atoms with Gasteiger partial charge in [0.05, 0.1) is 13.2 Å². The molecule has 0 radical (unpaired) electrons. The lowest BCUT2D eigenvalue weighted by molar-refractivity contribution is -0.123. The van der Waals surface area contributed by atoms with E-state index in [-0.39, 0.29) is 5.91 Å². The number of ether oxygens (including phenoxy) is 1. The topological polar surface area (TPSA) is 64.3 Å². The van der Waals surface area contributed by atoms with E-state index >= 15 is 0 Å². The van der Waals surface area contributed by atoms with Gasteiger partial charge in [0, 0.05) is 18.5 Å². The Hall–Kier alpha value is -1.39. The summed E-state index contributed by atoms with van der Waals surface area (Å²) >= 11 is 0. The van der Waals surface area contributed by atoms with Crippen LogP contribution in [0, 0.1) is 0 Å². The molecule has 3 N–H and O–H groups in total. The molecule has 4 nitrogen and oxygen atoms in total. The van der Waals surface area contributed by atoms with Gasteiger partial charge < -0.3 is 15.8 Å². The molecule has 1 amide bonds. The monoisotopic (exact) mass is 276 g/mol. The van der Waals surface area contributed by atoms with Crippen molar-refractivity contribution in [3.63, 3.8) is 0 Å². The second-order valence-electron chi connectivity index (χ2n) is 5.47. The molecule has 0 aliphatic heterocycles. The standard InChI is InChI=1S/C16H24N2O2/c17-14-6-8-15(9-7-14)18-16(19)10-11-20-12-13-4-2-1-3-5-13/h1-5,14-15H,6-12,17H2,(H,18,19). The number of hydrogen-bond acceptors (Lipinski definition) is 3. The van der Waals surface area contributed by atoms with Gasteiger partial charge in [0.25, 0.3) is 0 Å². The van der Waals surface area contributed by atoms with Gasteiger partial charge in [-0.25, -0.2) is 0 Å². The predicted octanol–water partition coefficient (Wildman–Crippen LogP) is 1.98. The molecular formula is C16H24N2O2. The minimum Gasteiger partial charge on any atom is -0.376 e. The van der Waals surface area contributed by atoms with Crippen LogP contribution in [-0.4, -0.2) is 24.6 Å². The average molecular weight is 276 g/mol. The summed E-state index contributed by atoms with van der Waals surface area (Å²) in [6, 6.07) is 10.6. The Balaban J connectivity index is 1.56. The first-order valence-corrected chi connectivity index (χ1v) is 7.40. The third-order valence-corrected chi connectivity index (χ3v) is 3.72. The van der Waals surface area contributed by atoms with E-state index in [0.29, 0.717) is 31.7 Å². The van der Waals surface area contributed by atoms with Crippen molar-refractivity contribution in [3.8, 4) is 0 Å². The number of nitrogens with one attached hydrogen (secondary N) is 1. The molecule has 1 aliphatic carbocycles. The van der Waals surface area contributed by atoms with Crippen LogP contribution in [0.25, 0.3) is 0 Å². The van der Waals surface area contributed by atoms with E-state index < -0.39 is 0 Å². The minimum atomic E-state index is 0.0820. The normalized spacial score (nSPS) is 22.4. The van der Waals surface area contributed by atoms with Crippen LogP contribution in [0.5, 0.6) is 0 Å². The van der Waals surface area contributed by atoms with Crippen LogP contribution >= 0.6 is 0 Å². The molecule has 0 bridgehead atoms. The van der Waals surface area contributed by atoms with E-state index in [2.05, 4.69) is 5.32 Å². The molecule has 1 saturated carbocycles. The van der Waals surface area contributed by atoms with Crippen molar-refractivity contribution in [1.29, 1.82) is 0 Å². The zero-order valence-corrected chi connectivity index (χ0v) is 11.9. The van der Waals surface area contributed by atoms with Crippen LogP contribution in [-0.2, 0) is 16.1 Å². The highest BCUT2D eigenvalue weighted by Crippen LogP contribution is 2.16. The number of hydrogen-bond donors (Lipinski definition) is 2. The van der Waals surface area contributed by atoms with Crippen LogP contribution in [0.15, 0.2) is 30.3 Å². The zero-order chi connectivity index (χ0) is 14.2. The highest BCUT2D eigenvalue weighted by molar-refractivity contribution is 5.76. The fourth-order valence-corrected chi connectivity index (χ4v) is 2.49. The minimum absolute atomic E-state index is 0.0820. The maximum Gasteiger partial charge on any atom is 0.222 e. The van der Waals surface area contributed by atoms with Crippen LogP contribution in [0.2, 0.25) is 0 Å². The van der Waals surface area contributed by atoms with Gasteiger partial charge in [0.1, 0.15) is 0 Å². The number of carbonyl (C=O) groups excluding carboxylic acids is 1. The van der Waals surface area contributed by atoms with E-state index in [9.17, 15) is 4.79 Å². The van der Waals surface area contributed by atoms with Crippen LogP contribution < -0.4 is 11.1 Å². The van der Waals surface area contributed by atoms with Crippen LogP contribution in [0.3, 0.4) is 0 Å². The van der Waals surface area contributed by atoms with Crippen molar-refractivity contribution < 1.29 is 9.53 Å². The van der Waals surface area contributed by atoms with Gasteiger partial charge in [-0.15, -0.1) is 0 Å². The van der Waals surface area contributed by atoms with Crippen molar-refractivity contribution in [2.75, 3.05) is 6.61 Å². The average Bonchev–Trinajstić information content (AvgIpc) is 2.47. The zero-order valence-electron chi connectivity index (χ0n) is 11.9. The van der Waals surface area contributed by atoms with E-state index in [0.717, 1.165) is 31.2 Å². The molecule has 0 aromatic heterocycles. The van der Waals surface area contributed by atoms with Crippen molar-refractivity contribution in [2.45, 2.75) is 50.8 Å². The molecule has 0 saturated heterocycles. The van der Waals surface area contributed by atoms with Gasteiger partial charge >= 0.3 is 0 Å². The maximum atomic E-state index is 11.8. The Bertz CT molecular complexity index is 400. The quantitative estimate of drug-likeness (QED) is 0.781. The van der Waals surface area contributed by atoms with Gasteiger partial charge in [-0.1, -0.05) is 30.3 Å². The lowest BCUT2D eigenvalue weighted by atomic mass is 9.92. The molecule has 0 spiro atoms. The molecule has 4 heteroatoms. The Morgan fingerprint density at radius 1 is 1.20 bits per heavy atom. The van der Waals surface area contributed by atoms with Gasteiger partial charge in [0.2, 0.25) is 5.91 Å². The van der Waals surface area contributed by atoms with Crippen molar-refractivity contribution >= 4 is 5.91 Å². The number of amides is 1. The van der Waals surface area contributed by atoms with Gasteiger partial charge in [0.15, 0.2) is 0 Å². The smallest absolute Gasteiger partial charge is 0.222 e. The Morgan fingerprint density at radius 3 is 2.60 bits per heavy atom. The summed E-state index contributed by atoms with van der Waals surface area (Å²) < 4.78 is 5.52. The third kappa shape index (κ3) is 5.31. The summed E-state index contributed by atoms with van der Waals surface area (Å²) in [7, 11) is 0. The van der Waals surface area contributed by atoms with Crippen molar-refractivity contribution in [1.82, 2.24) is 5.32 Å². The summed E-state index contributed by atoms with van der Waals surface area (Å²) in [5.74, 6) is 0.0820. The van der Waals surface area contributed by atoms with Gasteiger partial charge in [-0.3, -0.25) is 4.79 Å². The molecule has 1 aromatic carbocycles. The second kappa shape index (κ2) is 8.02. The summed E-state index contributed by atoms with van der Waals surface area (Å²) in [5, 5.41) is 3.06. The fraction of sp³-hybridized carbons (Fsp3) is 0.562. The number of nitrogens with two attached hydrogens (primary N) is 1. The molecule has 0 atom stereocenters. The summed E-state index contributed by atoms with van der Waals surface area (Å²) in [6.07, 6.45) is 4.44. The molecule has 1 aromatic rings.